The first-order valence-corrected chi connectivity index (χ1v) is 11.4. The molecule has 1 aliphatic heterocycles. The van der Waals surface area contributed by atoms with E-state index < -0.39 is 20.8 Å². The maximum absolute atomic E-state index is 13.1. The molecule has 0 aliphatic carbocycles. The van der Waals surface area contributed by atoms with E-state index in [4.69, 9.17) is 0 Å². The number of nitrogens with one attached hydrogen (secondary N) is 1. The number of aryl methyl sites for hydroxylation is 2. The molecule has 0 saturated heterocycles. The third kappa shape index (κ3) is 4.06. The van der Waals surface area contributed by atoms with Crippen molar-refractivity contribution in [1.82, 2.24) is 10.3 Å². The van der Waals surface area contributed by atoms with E-state index in [1.165, 1.54) is 28.9 Å². The van der Waals surface area contributed by atoms with Crippen LogP contribution >= 0.6 is 0 Å². The molecule has 158 valence electrons. The molecule has 8 heteroatoms. The Morgan fingerprint density at radius 3 is 2.35 bits per heavy atom. The Bertz CT molecular complexity index is 1250. The number of carbonyl (C=O) groups is 1. The molecule has 0 radical (unpaired) electrons. The predicted molar refractivity (Wildman–Crippen MR) is 120 cm³/mol. The molecule has 1 amide bonds. The van der Waals surface area contributed by atoms with Crippen LogP contribution in [0.15, 0.2) is 76.9 Å². The summed E-state index contributed by atoms with van der Waals surface area (Å²) < 4.78 is 26.2. The van der Waals surface area contributed by atoms with Crippen LogP contribution in [0.1, 0.15) is 23.6 Å². The van der Waals surface area contributed by atoms with Crippen LogP contribution in [0.3, 0.4) is 0 Å². The van der Waals surface area contributed by atoms with Crippen molar-refractivity contribution < 1.29 is 13.2 Å². The van der Waals surface area contributed by atoms with Crippen molar-refractivity contribution in [3.63, 3.8) is 0 Å². The third-order valence-electron chi connectivity index (χ3n) is 5.04. The fourth-order valence-electron chi connectivity index (χ4n) is 3.23. The SMILES string of the molecule is CCc1ccc(CNC(=O)C2=NN(c3ccc(C)cc3)c3ncccc3S2(=O)=O)cc1. The Balaban J connectivity index is 1.67. The van der Waals surface area contributed by atoms with Gasteiger partial charge in [-0.1, -0.05) is 48.9 Å². The number of nitrogens with zero attached hydrogens (tertiary/aromatic N) is 3. The number of carbonyl (C=O) groups excluding carboxylic acids is 1. The minimum atomic E-state index is -4.11. The normalized spacial score (nSPS) is 14.5. The van der Waals surface area contributed by atoms with Crippen LogP contribution in [-0.4, -0.2) is 24.4 Å². The largest absolute Gasteiger partial charge is 0.346 e. The summed E-state index contributed by atoms with van der Waals surface area (Å²) in [5.41, 5.74) is 3.72. The summed E-state index contributed by atoms with van der Waals surface area (Å²) in [6, 6.07) is 18.1. The zero-order valence-corrected chi connectivity index (χ0v) is 18.1. The van der Waals surface area contributed by atoms with E-state index in [9.17, 15) is 13.2 Å². The Hall–Kier alpha value is -3.52. The Morgan fingerprint density at radius 2 is 1.68 bits per heavy atom. The molecule has 1 N–H and O–H groups in total. The Morgan fingerprint density at radius 1 is 1.00 bits per heavy atom. The van der Waals surface area contributed by atoms with Gasteiger partial charge in [0.05, 0.1) is 5.69 Å². The van der Waals surface area contributed by atoms with Crippen molar-refractivity contribution in [1.29, 1.82) is 0 Å². The van der Waals surface area contributed by atoms with Crippen molar-refractivity contribution >= 4 is 32.3 Å². The lowest BCUT2D eigenvalue weighted by atomic mass is 10.1. The van der Waals surface area contributed by atoms with Gasteiger partial charge in [0.1, 0.15) is 4.90 Å². The summed E-state index contributed by atoms with van der Waals surface area (Å²) in [6.07, 6.45) is 2.42. The molecule has 0 fully saturated rings. The quantitative estimate of drug-likeness (QED) is 0.664. The molecular weight excluding hydrogens is 412 g/mol. The number of amides is 1. The molecule has 1 aliphatic rings. The molecule has 4 rings (SSSR count). The van der Waals surface area contributed by atoms with E-state index in [1.54, 1.807) is 12.1 Å². The molecule has 1 aromatic heterocycles. The van der Waals surface area contributed by atoms with Gasteiger partial charge in [-0.2, -0.15) is 0 Å². The minimum absolute atomic E-state index is 0.0528. The number of benzene rings is 2. The van der Waals surface area contributed by atoms with Crippen LogP contribution < -0.4 is 10.3 Å². The van der Waals surface area contributed by atoms with Gasteiger partial charge in [0, 0.05) is 12.7 Å². The van der Waals surface area contributed by atoms with Gasteiger partial charge in [-0.05, 0) is 48.7 Å². The van der Waals surface area contributed by atoms with Crippen LogP contribution in [0.25, 0.3) is 0 Å². The number of fused-ring (bicyclic) bond motifs is 1. The minimum Gasteiger partial charge on any atom is -0.346 e. The van der Waals surface area contributed by atoms with Crippen molar-refractivity contribution in [2.24, 2.45) is 5.10 Å². The lowest BCUT2D eigenvalue weighted by Gasteiger charge is -2.26. The van der Waals surface area contributed by atoms with Crippen LogP contribution in [0.2, 0.25) is 0 Å². The van der Waals surface area contributed by atoms with E-state index in [1.807, 2.05) is 43.3 Å². The highest BCUT2D eigenvalue weighted by Crippen LogP contribution is 2.34. The van der Waals surface area contributed by atoms with Crippen LogP contribution in [0.4, 0.5) is 11.5 Å². The van der Waals surface area contributed by atoms with Gasteiger partial charge in [-0.25, -0.2) is 18.4 Å². The van der Waals surface area contributed by atoms with E-state index in [0.29, 0.717) is 5.69 Å². The second-order valence-electron chi connectivity index (χ2n) is 7.23. The number of pyridine rings is 1. The van der Waals surface area contributed by atoms with Gasteiger partial charge in [0.25, 0.3) is 5.91 Å². The van der Waals surface area contributed by atoms with Gasteiger partial charge in [0.15, 0.2) is 5.82 Å². The number of hydrogen-bond acceptors (Lipinski definition) is 6. The maximum atomic E-state index is 13.1. The van der Waals surface area contributed by atoms with E-state index >= 15 is 0 Å². The molecule has 3 aromatic rings. The van der Waals surface area contributed by atoms with E-state index in [-0.39, 0.29) is 17.3 Å². The van der Waals surface area contributed by atoms with Crippen molar-refractivity contribution in [2.75, 3.05) is 5.01 Å². The number of hydrazone groups is 1. The summed E-state index contributed by atoms with van der Waals surface area (Å²) in [5, 5.41) is 7.71. The third-order valence-corrected chi connectivity index (χ3v) is 6.72. The molecule has 2 heterocycles. The van der Waals surface area contributed by atoms with Crippen molar-refractivity contribution in [2.45, 2.75) is 31.7 Å². The van der Waals surface area contributed by atoms with Crippen LogP contribution in [0.5, 0.6) is 0 Å². The Labute approximate surface area is 181 Å². The molecule has 0 saturated carbocycles. The fourth-order valence-corrected chi connectivity index (χ4v) is 4.58. The smallest absolute Gasteiger partial charge is 0.284 e. The standard InChI is InChI=1S/C23H22N4O3S/c1-3-17-8-10-18(11-9-17)15-25-22(28)23-26-27(19-12-6-16(2)7-13-19)21-20(31(23,29)30)5-4-14-24-21/h4-14H,3,15H2,1-2H3,(H,25,28). The lowest BCUT2D eigenvalue weighted by molar-refractivity contribution is -0.114. The summed E-state index contributed by atoms with van der Waals surface area (Å²) in [5.74, 6) is -0.593. The van der Waals surface area contributed by atoms with Gasteiger partial charge < -0.3 is 5.32 Å². The summed E-state index contributed by atoms with van der Waals surface area (Å²) >= 11 is 0. The van der Waals surface area contributed by atoms with Gasteiger partial charge in [0.2, 0.25) is 14.9 Å². The number of aromatic nitrogens is 1. The molecule has 0 spiro atoms. The first-order chi connectivity index (χ1) is 14.9. The first-order valence-electron chi connectivity index (χ1n) is 9.91. The van der Waals surface area contributed by atoms with Gasteiger partial charge >= 0.3 is 0 Å². The average Bonchev–Trinajstić information content (AvgIpc) is 2.79. The van der Waals surface area contributed by atoms with Crippen molar-refractivity contribution in [3.8, 4) is 0 Å². The highest BCUT2D eigenvalue weighted by atomic mass is 32.2. The first kappa shape index (κ1) is 20.7. The topological polar surface area (TPSA) is 91.7 Å². The highest BCUT2D eigenvalue weighted by Gasteiger charge is 2.38. The molecule has 2 aromatic carbocycles. The van der Waals surface area contributed by atoms with Gasteiger partial charge in [-0.15, -0.1) is 5.10 Å². The summed E-state index contributed by atoms with van der Waals surface area (Å²) in [6.45, 7) is 4.21. The number of anilines is 2. The molecule has 7 nitrogen and oxygen atoms in total. The molecule has 0 atom stereocenters. The predicted octanol–water partition coefficient (Wildman–Crippen LogP) is 3.51. The molecule has 31 heavy (non-hydrogen) atoms. The number of rotatable bonds is 5. The second kappa shape index (κ2) is 8.31. The Kier molecular flexibility index (Phi) is 5.56. The van der Waals surface area contributed by atoms with Crippen molar-refractivity contribution in [3.05, 3.63) is 83.6 Å². The second-order valence-corrected chi connectivity index (χ2v) is 9.07. The lowest BCUT2D eigenvalue weighted by Crippen LogP contribution is -2.40. The highest BCUT2D eigenvalue weighted by molar-refractivity contribution is 8.08. The fraction of sp³-hybridized carbons (Fsp3) is 0.174. The monoisotopic (exact) mass is 434 g/mol. The average molecular weight is 435 g/mol. The summed E-state index contributed by atoms with van der Waals surface area (Å²) in [4.78, 5) is 17.0. The van der Waals surface area contributed by atoms with Crippen LogP contribution in [0, 0.1) is 6.92 Å². The van der Waals surface area contributed by atoms with E-state index in [2.05, 4.69) is 22.3 Å². The molecule has 0 unspecified atom stereocenters. The summed E-state index contributed by atoms with van der Waals surface area (Å²) in [7, 11) is -4.11. The van der Waals surface area contributed by atoms with Crippen LogP contribution in [-0.2, 0) is 27.6 Å². The van der Waals surface area contributed by atoms with Gasteiger partial charge in [-0.3, -0.25) is 4.79 Å². The number of hydrogen-bond donors (Lipinski definition) is 1. The zero-order chi connectivity index (χ0) is 22.0. The molecular formula is C23H22N4O3S. The zero-order valence-electron chi connectivity index (χ0n) is 17.2. The number of sulfone groups is 1. The molecule has 0 bridgehead atoms. The van der Waals surface area contributed by atoms with E-state index in [0.717, 1.165) is 17.5 Å². The maximum Gasteiger partial charge on any atom is 0.284 e.